The molecule has 0 radical (unpaired) electrons. The van der Waals surface area contributed by atoms with Gasteiger partial charge in [0.15, 0.2) is 5.82 Å². The number of nitrogens with one attached hydrogen (secondary N) is 1. The van der Waals surface area contributed by atoms with Crippen molar-refractivity contribution in [3.8, 4) is 0 Å². The smallest absolute Gasteiger partial charge is 0.291 e. The van der Waals surface area contributed by atoms with Crippen molar-refractivity contribution in [1.29, 1.82) is 0 Å². The first-order valence-electron chi connectivity index (χ1n) is 5.74. The second-order valence-electron chi connectivity index (χ2n) is 4.47. The van der Waals surface area contributed by atoms with Gasteiger partial charge in [0, 0.05) is 19.2 Å². The average Bonchev–Trinajstić information content (AvgIpc) is 2.74. The van der Waals surface area contributed by atoms with Crippen molar-refractivity contribution < 1.29 is 0 Å². The van der Waals surface area contributed by atoms with Gasteiger partial charge in [0.05, 0.1) is 5.69 Å². The van der Waals surface area contributed by atoms with E-state index >= 15 is 0 Å². The van der Waals surface area contributed by atoms with Gasteiger partial charge >= 0.3 is 5.69 Å². The third kappa shape index (κ3) is 1.88. The molecule has 7 heteroatoms. The van der Waals surface area contributed by atoms with Crippen LogP contribution in [0.2, 0.25) is 0 Å². The first kappa shape index (κ1) is 10.2. The van der Waals surface area contributed by atoms with Gasteiger partial charge in [-0.3, -0.25) is 4.98 Å². The molecule has 0 bridgehead atoms. The minimum Gasteiger partial charge on any atom is -0.291 e. The number of H-pyrrole nitrogens is 1. The summed E-state index contributed by atoms with van der Waals surface area (Å²) in [4.78, 5) is 13.9. The fraction of sp³-hybridized carbons (Fsp3) is 0.600. The highest BCUT2D eigenvalue weighted by molar-refractivity contribution is 5.06. The van der Waals surface area contributed by atoms with E-state index in [1.807, 2.05) is 6.20 Å². The van der Waals surface area contributed by atoms with E-state index in [1.165, 1.54) is 23.9 Å². The van der Waals surface area contributed by atoms with Gasteiger partial charge in [-0.05, 0) is 12.8 Å². The number of aryl methyl sites for hydroxylation is 1. The molecule has 0 aromatic carbocycles. The summed E-state index contributed by atoms with van der Waals surface area (Å²) in [6.07, 6.45) is 5.64. The molecule has 2 aromatic heterocycles. The normalized spacial score (nSPS) is 16.1. The van der Waals surface area contributed by atoms with Gasteiger partial charge in [0.2, 0.25) is 0 Å². The predicted molar refractivity (Wildman–Crippen MR) is 59.5 cm³/mol. The van der Waals surface area contributed by atoms with E-state index in [9.17, 15) is 4.79 Å². The van der Waals surface area contributed by atoms with Gasteiger partial charge in [-0.25, -0.2) is 14.2 Å². The molecule has 0 amide bonds. The molecule has 0 unspecified atom stereocenters. The molecule has 7 nitrogen and oxygen atoms in total. The fourth-order valence-corrected chi connectivity index (χ4v) is 1.96. The highest BCUT2D eigenvalue weighted by Gasteiger charge is 2.22. The summed E-state index contributed by atoms with van der Waals surface area (Å²) in [7, 11) is 1.61. The lowest BCUT2D eigenvalue weighted by molar-refractivity contribution is 0.410. The van der Waals surface area contributed by atoms with E-state index in [4.69, 9.17) is 0 Å². The van der Waals surface area contributed by atoms with Gasteiger partial charge < -0.3 is 0 Å². The molecule has 0 spiro atoms. The molecule has 0 atom stereocenters. The molecule has 1 saturated carbocycles. The summed E-state index contributed by atoms with van der Waals surface area (Å²) in [6, 6.07) is 0. The molecular formula is C10H14N6O. The maximum absolute atomic E-state index is 11.2. The van der Waals surface area contributed by atoms with E-state index in [2.05, 4.69) is 20.4 Å². The molecular weight excluding hydrogens is 220 g/mol. The molecule has 1 fully saturated rings. The summed E-state index contributed by atoms with van der Waals surface area (Å²) in [6.45, 7) is 0.454. The summed E-state index contributed by atoms with van der Waals surface area (Å²) >= 11 is 0. The van der Waals surface area contributed by atoms with Gasteiger partial charge in [-0.15, -0.1) is 5.10 Å². The van der Waals surface area contributed by atoms with Crippen LogP contribution in [0.25, 0.3) is 0 Å². The lowest BCUT2D eigenvalue weighted by Crippen LogP contribution is -2.13. The fourth-order valence-electron chi connectivity index (χ4n) is 1.96. The molecule has 1 aliphatic carbocycles. The van der Waals surface area contributed by atoms with E-state index in [0.29, 0.717) is 18.3 Å². The maximum atomic E-state index is 11.2. The van der Waals surface area contributed by atoms with Gasteiger partial charge in [-0.1, -0.05) is 11.6 Å². The summed E-state index contributed by atoms with van der Waals surface area (Å²) in [5, 5.41) is 12.3. The first-order chi connectivity index (χ1) is 8.22. The molecule has 0 aliphatic heterocycles. The Balaban J connectivity index is 1.76. The van der Waals surface area contributed by atoms with E-state index in [0.717, 1.165) is 5.69 Å². The number of hydrogen-bond acceptors (Lipinski definition) is 4. The lowest BCUT2D eigenvalue weighted by Gasteiger charge is -2.22. The van der Waals surface area contributed by atoms with E-state index < -0.39 is 0 Å². The Kier molecular flexibility index (Phi) is 2.31. The Bertz CT molecular complexity index is 576. The van der Waals surface area contributed by atoms with Crippen LogP contribution in [0.1, 0.15) is 36.7 Å². The molecule has 3 rings (SSSR count). The van der Waals surface area contributed by atoms with Crippen molar-refractivity contribution in [3.05, 3.63) is 28.2 Å². The minimum absolute atomic E-state index is 0.209. The summed E-state index contributed by atoms with van der Waals surface area (Å²) < 4.78 is 2.99. The van der Waals surface area contributed by atoms with Gasteiger partial charge in [0.25, 0.3) is 0 Å². The molecule has 90 valence electrons. The maximum Gasteiger partial charge on any atom is 0.343 e. The van der Waals surface area contributed by atoms with Crippen molar-refractivity contribution in [2.45, 2.75) is 31.7 Å². The Hall–Kier alpha value is -1.92. The van der Waals surface area contributed by atoms with Crippen molar-refractivity contribution in [3.63, 3.8) is 0 Å². The average molecular weight is 234 g/mol. The van der Waals surface area contributed by atoms with E-state index in [1.54, 1.807) is 11.7 Å². The quantitative estimate of drug-likeness (QED) is 0.811. The van der Waals surface area contributed by atoms with Crippen molar-refractivity contribution in [2.24, 2.45) is 7.05 Å². The van der Waals surface area contributed by atoms with Crippen molar-refractivity contribution in [1.82, 2.24) is 29.8 Å². The minimum atomic E-state index is -0.209. The zero-order valence-corrected chi connectivity index (χ0v) is 9.63. The van der Waals surface area contributed by atoms with Crippen molar-refractivity contribution in [2.75, 3.05) is 0 Å². The van der Waals surface area contributed by atoms with Crippen LogP contribution >= 0.6 is 0 Å². The van der Waals surface area contributed by atoms with Crippen molar-refractivity contribution >= 4 is 0 Å². The van der Waals surface area contributed by atoms with Gasteiger partial charge in [0.1, 0.15) is 6.54 Å². The number of rotatable bonds is 3. The van der Waals surface area contributed by atoms with Crippen LogP contribution in [0.5, 0.6) is 0 Å². The molecule has 1 N–H and O–H groups in total. The highest BCUT2D eigenvalue weighted by Crippen LogP contribution is 2.34. The number of aromatic amines is 1. The highest BCUT2D eigenvalue weighted by atomic mass is 16.1. The topological polar surface area (TPSA) is 81.4 Å². The standard InChI is InChI=1S/C10H14N6O/c1-15-10(17)11-9(13-15)6-16-5-8(12-14-16)7-3-2-4-7/h5,7H,2-4,6H2,1H3,(H,11,13,17). The molecule has 2 heterocycles. The van der Waals surface area contributed by atoms with Crippen LogP contribution < -0.4 is 5.69 Å². The zero-order chi connectivity index (χ0) is 11.8. The van der Waals surface area contributed by atoms with Crippen LogP contribution in [-0.2, 0) is 13.6 Å². The Labute approximate surface area is 97.5 Å². The second-order valence-corrected chi connectivity index (χ2v) is 4.47. The first-order valence-corrected chi connectivity index (χ1v) is 5.74. The number of hydrogen-bond donors (Lipinski definition) is 1. The van der Waals surface area contributed by atoms with Crippen LogP contribution in [0.4, 0.5) is 0 Å². The third-order valence-corrected chi connectivity index (χ3v) is 3.21. The molecule has 1 aliphatic rings. The van der Waals surface area contributed by atoms with Gasteiger partial charge in [-0.2, -0.15) is 5.10 Å². The second kappa shape index (κ2) is 3.83. The van der Waals surface area contributed by atoms with Crippen LogP contribution in [0, 0.1) is 0 Å². The SMILES string of the molecule is Cn1nc(Cn2cc(C3CCC3)nn2)[nH]c1=O. The molecule has 2 aromatic rings. The lowest BCUT2D eigenvalue weighted by atomic mass is 9.83. The predicted octanol–water partition coefficient (Wildman–Crippen LogP) is 0.0157. The third-order valence-electron chi connectivity index (χ3n) is 3.21. The van der Waals surface area contributed by atoms with Crippen LogP contribution in [0.3, 0.4) is 0 Å². The molecule has 17 heavy (non-hydrogen) atoms. The Morgan fingerprint density at radius 3 is 2.94 bits per heavy atom. The van der Waals surface area contributed by atoms with Crippen LogP contribution in [0.15, 0.2) is 11.0 Å². The summed E-state index contributed by atoms with van der Waals surface area (Å²) in [5.41, 5.74) is 0.842. The van der Waals surface area contributed by atoms with E-state index in [-0.39, 0.29) is 5.69 Å². The monoisotopic (exact) mass is 234 g/mol. The molecule has 0 saturated heterocycles. The number of nitrogens with zero attached hydrogens (tertiary/aromatic N) is 5. The summed E-state index contributed by atoms with van der Waals surface area (Å²) in [5.74, 6) is 1.18. The zero-order valence-electron chi connectivity index (χ0n) is 9.63. The Morgan fingerprint density at radius 1 is 1.53 bits per heavy atom. The number of aromatic nitrogens is 6. The largest absolute Gasteiger partial charge is 0.343 e. The van der Waals surface area contributed by atoms with Crippen LogP contribution in [-0.4, -0.2) is 29.8 Å². The Morgan fingerprint density at radius 2 is 2.35 bits per heavy atom.